The number of hydrogen-bond acceptors (Lipinski definition) is 5. The third-order valence-corrected chi connectivity index (χ3v) is 3.80. The predicted molar refractivity (Wildman–Crippen MR) is 98.2 cm³/mol. The highest BCUT2D eigenvalue weighted by Crippen LogP contribution is 2.18. The number of non-ortho nitro benzene ring substituents is 1. The molecule has 1 N–H and O–H groups in total. The molecule has 3 rings (SSSR count). The topological polar surface area (TPSA) is 99.3 Å². The lowest BCUT2D eigenvalue weighted by molar-refractivity contribution is -0.384. The molecule has 1 aromatic heterocycles. The van der Waals surface area contributed by atoms with Crippen LogP contribution in [0.1, 0.15) is 11.1 Å². The van der Waals surface area contributed by atoms with E-state index in [0.717, 1.165) is 11.1 Å². The number of hydrogen-bond donors (Lipinski definition) is 1. The van der Waals surface area contributed by atoms with Crippen LogP contribution in [0.25, 0.3) is 0 Å². The van der Waals surface area contributed by atoms with Crippen molar-refractivity contribution in [2.24, 2.45) is 0 Å². The lowest BCUT2D eigenvalue weighted by atomic mass is 10.1. The van der Waals surface area contributed by atoms with E-state index in [0.29, 0.717) is 13.1 Å². The van der Waals surface area contributed by atoms with Crippen LogP contribution in [0.2, 0.25) is 0 Å². The van der Waals surface area contributed by atoms with E-state index >= 15 is 0 Å². The molecular formula is C19H18N4O4. The fourth-order valence-corrected chi connectivity index (χ4v) is 2.52. The normalized spacial score (nSPS) is 10.4. The molecule has 27 heavy (non-hydrogen) atoms. The number of ether oxygens (including phenoxy) is 1. The van der Waals surface area contributed by atoms with Crippen molar-refractivity contribution in [1.29, 1.82) is 0 Å². The molecule has 0 unspecified atom stereocenters. The highest BCUT2D eigenvalue weighted by atomic mass is 16.6. The second-order valence-corrected chi connectivity index (χ2v) is 5.87. The zero-order chi connectivity index (χ0) is 19.1. The van der Waals surface area contributed by atoms with Gasteiger partial charge in [-0.15, -0.1) is 0 Å². The minimum atomic E-state index is -0.510. The van der Waals surface area contributed by atoms with Crippen LogP contribution >= 0.6 is 0 Å². The Bertz CT molecular complexity index is 925. The number of nitro benzene ring substituents is 1. The van der Waals surface area contributed by atoms with Crippen molar-refractivity contribution in [1.82, 2.24) is 14.9 Å². The molecule has 2 aromatic carbocycles. The van der Waals surface area contributed by atoms with Gasteiger partial charge in [-0.1, -0.05) is 30.3 Å². The standard InChI is InChI=1S/C19H18N4O4/c24-19(13-27-18-6-2-5-17(10-18)23(25)26)21-11-15-3-1-4-16(9-15)12-22-8-7-20-14-22/h1-10,14H,11-13H2,(H,21,24). The Balaban J connectivity index is 1.49. The largest absolute Gasteiger partial charge is 0.484 e. The molecule has 0 aliphatic heterocycles. The molecule has 1 heterocycles. The molecular weight excluding hydrogens is 348 g/mol. The number of rotatable bonds is 8. The number of imidazole rings is 1. The van der Waals surface area contributed by atoms with E-state index in [1.165, 1.54) is 18.2 Å². The van der Waals surface area contributed by atoms with Crippen LogP contribution in [0.4, 0.5) is 5.69 Å². The summed E-state index contributed by atoms with van der Waals surface area (Å²) in [6, 6.07) is 13.6. The minimum absolute atomic E-state index is 0.0809. The van der Waals surface area contributed by atoms with Gasteiger partial charge in [0, 0.05) is 31.5 Å². The van der Waals surface area contributed by atoms with E-state index in [9.17, 15) is 14.9 Å². The van der Waals surface area contributed by atoms with Gasteiger partial charge in [-0.2, -0.15) is 0 Å². The summed E-state index contributed by atoms with van der Waals surface area (Å²) in [5.41, 5.74) is 1.99. The Labute approximate surface area is 155 Å². The van der Waals surface area contributed by atoms with Gasteiger partial charge in [0.05, 0.1) is 17.3 Å². The second kappa shape index (κ2) is 8.61. The number of nitrogens with one attached hydrogen (secondary N) is 1. The zero-order valence-corrected chi connectivity index (χ0v) is 14.4. The monoisotopic (exact) mass is 366 g/mol. The fourth-order valence-electron chi connectivity index (χ4n) is 2.52. The SMILES string of the molecule is O=C(COc1cccc([N+](=O)[O-])c1)NCc1cccc(Cn2ccnc2)c1. The van der Waals surface area contributed by atoms with Crippen LogP contribution in [0.3, 0.4) is 0 Å². The van der Waals surface area contributed by atoms with Crippen molar-refractivity contribution in [3.8, 4) is 5.75 Å². The molecule has 0 saturated carbocycles. The Hall–Kier alpha value is -3.68. The molecule has 0 spiro atoms. The molecule has 0 fully saturated rings. The smallest absolute Gasteiger partial charge is 0.273 e. The summed E-state index contributed by atoms with van der Waals surface area (Å²) in [7, 11) is 0. The first kappa shape index (κ1) is 18.1. The molecule has 0 radical (unpaired) electrons. The maximum Gasteiger partial charge on any atom is 0.273 e. The number of aromatic nitrogens is 2. The molecule has 0 saturated heterocycles. The second-order valence-electron chi connectivity index (χ2n) is 5.87. The molecule has 1 amide bonds. The molecule has 138 valence electrons. The number of carbonyl (C=O) groups is 1. The lowest BCUT2D eigenvalue weighted by Gasteiger charge is -2.09. The zero-order valence-electron chi connectivity index (χ0n) is 14.4. The first-order valence-corrected chi connectivity index (χ1v) is 8.27. The summed E-state index contributed by atoms with van der Waals surface area (Å²) < 4.78 is 7.28. The minimum Gasteiger partial charge on any atom is -0.484 e. The summed E-state index contributed by atoms with van der Waals surface area (Å²) in [6.07, 6.45) is 5.37. The maximum atomic E-state index is 12.0. The van der Waals surface area contributed by atoms with Gasteiger partial charge in [-0.25, -0.2) is 4.98 Å². The van der Waals surface area contributed by atoms with Crippen molar-refractivity contribution in [3.63, 3.8) is 0 Å². The quantitative estimate of drug-likeness (QED) is 0.488. The molecule has 0 aliphatic rings. The Morgan fingerprint density at radius 1 is 1.19 bits per heavy atom. The van der Waals surface area contributed by atoms with E-state index in [4.69, 9.17) is 4.74 Å². The van der Waals surface area contributed by atoms with E-state index in [1.807, 2.05) is 35.0 Å². The Morgan fingerprint density at radius 2 is 2.00 bits per heavy atom. The molecule has 0 atom stereocenters. The summed E-state index contributed by atoms with van der Waals surface area (Å²) >= 11 is 0. The highest BCUT2D eigenvalue weighted by Gasteiger charge is 2.08. The highest BCUT2D eigenvalue weighted by molar-refractivity contribution is 5.77. The first-order valence-electron chi connectivity index (χ1n) is 8.27. The van der Waals surface area contributed by atoms with Crippen molar-refractivity contribution >= 4 is 11.6 Å². The van der Waals surface area contributed by atoms with E-state index in [1.54, 1.807) is 18.6 Å². The third-order valence-electron chi connectivity index (χ3n) is 3.80. The molecule has 0 bridgehead atoms. The van der Waals surface area contributed by atoms with Gasteiger partial charge in [0.1, 0.15) is 5.75 Å². The van der Waals surface area contributed by atoms with E-state index in [2.05, 4.69) is 10.3 Å². The Kier molecular flexibility index (Phi) is 5.78. The molecule has 3 aromatic rings. The summed E-state index contributed by atoms with van der Waals surface area (Å²) in [5, 5.41) is 13.5. The van der Waals surface area contributed by atoms with Gasteiger partial charge in [-0.3, -0.25) is 14.9 Å². The Morgan fingerprint density at radius 3 is 2.78 bits per heavy atom. The molecule has 0 aliphatic carbocycles. The van der Waals surface area contributed by atoms with Crippen molar-refractivity contribution in [2.75, 3.05) is 6.61 Å². The van der Waals surface area contributed by atoms with Crippen LogP contribution < -0.4 is 10.1 Å². The number of carbonyl (C=O) groups excluding carboxylic acids is 1. The fraction of sp³-hybridized carbons (Fsp3) is 0.158. The van der Waals surface area contributed by atoms with Gasteiger partial charge in [0.2, 0.25) is 0 Å². The number of nitro groups is 1. The van der Waals surface area contributed by atoms with Gasteiger partial charge in [0.15, 0.2) is 6.61 Å². The number of benzene rings is 2. The summed E-state index contributed by atoms with van der Waals surface area (Å²) in [5.74, 6) is -0.0248. The third kappa shape index (κ3) is 5.40. The van der Waals surface area contributed by atoms with Crippen molar-refractivity contribution in [2.45, 2.75) is 13.1 Å². The molecule has 8 heteroatoms. The predicted octanol–water partition coefficient (Wildman–Crippen LogP) is 2.53. The molecule has 8 nitrogen and oxygen atoms in total. The summed E-state index contributed by atoms with van der Waals surface area (Å²) in [6.45, 7) is 0.864. The van der Waals surface area contributed by atoms with E-state index < -0.39 is 4.92 Å². The van der Waals surface area contributed by atoms with Gasteiger partial charge in [-0.05, 0) is 17.2 Å². The van der Waals surface area contributed by atoms with Crippen molar-refractivity contribution < 1.29 is 14.5 Å². The van der Waals surface area contributed by atoms with Crippen LogP contribution in [0, 0.1) is 10.1 Å². The number of amides is 1. The van der Waals surface area contributed by atoms with Gasteiger partial charge in [0.25, 0.3) is 11.6 Å². The van der Waals surface area contributed by atoms with Gasteiger partial charge < -0.3 is 14.6 Å². The average Bonchev–Trinajstić information content (AvgIpc) is 3.18. The van der Waals surface area contributed by atoms with Crippen LogP contribution in [0.15, 0.2) is 67.3 Å². The van der Waals surface area contributed by atoms with Crippen molar-refractivity contribution in [3.05, 3.63) is 88.5 Å². The first-order chi connectivity index (χ1) is 13.1. The van der Waals surface area contributed by atoms with Gasteiger partial charge >= 0.3 is 0 Å². The maximum absolute atomic E-state index is 12.0. The summed E-state index contributed by atoms with van der Waals surface area (Å²) in [4.78, 5) is 26.2. The average molecular weight is 366 g/mol. The van der Waals surface area contributed by atoms with Crippen LogP contribution in [0.5, 0.6) is 5.75 Å². The van der Waals surface area contributed by atoms with Crippen LogP contribution in [-0.2, 0) is 17.9 Å². The van der Waals surface area contributed by atoms with E-state index in [-0.39, 0.29) is 24.0 Å². The lowest BCUT2D eigenvalue weighted by Crippen LogP contribution is -2.28. The number of nitrogens with zero attached hydrogens (tertiary/aromatic N) is 3. The van der Waals surface area contributed by atoms with Crippen LogP contribution in [-0.4, -0.2) is 27.0 Å².